The van der Waals surface area contributed by atoms with Gasteiger partial charge in [-0.15, -0.1) is 0 Å². The van der Waals surface area contributed by atoms with Gasteiger partial charge in [0.1, 0.15) is 30.7 Å². The van der Waals surface area contributed by atoms with E-state index in [-0.39, 0.29) is 37.3 Å². The Labute approximate surface area is 433 Å². The fourth-order valence-electron chi connectivity index (χ4n) is 7.69. The van der Waals surface area contributed by atoms with Crippen LogP contribution in [0, 0.1) is 5.92 Å². The summed E-state index contributed by atoms with van der Waals surface area (Å²) in [5, 5.41) is 20.9. The average Bonchev–Trinajstić information content (AvgIpc) is 3.61. The van der Waals surface area contributed by atoms with E-state index < -0.39 is 83.7 Å². The highest BCUT2D eigenvalue weighted by molar-refractivity contribution is 7.61. The summed E-state index contributed by atoms with van der Waals surface area (Å²) in [6, 6.07) is 1.24. The van der Waals surface area contributed by atoms with Crippen LogP contribution in [0.25, 0.3) is 0 Å². The first kappa shape index (κ1) is 65.5. The molecule has 0 radical (unpaired) electrons. The molecule has 1 aromatic rings. The van der Waals surface area contributed by atoms with E-state index >= 15 is 0 Å². The van der Waals surface area contributed by atoms with E-state index in [1.807, 2.05) is 12.2 Å². The van der Waals surface area contributed by atoms with Crippen molar-refractivity contribution in [2.75, 3.05) is 25.6 Å². The van der Waals surface area contributed by atoms with Crippen molar-refractivity contribution in [3.05, 3.63) is 71.4 Å². The van der Waals surface area contributed by atoms with Crippen molar-refractivity contribution in [3.63, 3.8) is 0 Å². The number of esters is 2. The molecule has 7 atom stereocenters. The summed E-state index contributed by atoms with van der Waals surface area (Å²) in [6.07, 6.45) is 32.0. The van der Waals surface area contributed by atoms with Crippen LogP contribution in [0.4, 0.5) is 5.82 Å². The maximum Gasteiger partial charge on any atom is 0.481 e. The van der Waals surface area contributed by atoms with Gasteiger partial charge < -0.3 is 39.9 Å². The molecule has 19 nitrogen and oxygen atoms in total. The number of aliphatic hydroxyl groups is 2. The molecule has 1 aromatic heterocycles. The van der Waals surface area contributed by atoms with Crippen LogP contribution < -0.4 is 11.4 Å². The highest BCUT2D eigenvalue weighted by Gasteiger charge is 2.46. The van der Waals surface area contributed by atoms with E-state index in [0.29, 0.717) is 6.42 Å². The molecule has 0 aliphatic carbocycles. The molecule has 1 aliphatic heterocycles. The van der Waals surface area contributed by atoms with E-state index in [2.05, 4.69) is 48.3 Å². The van der Waals surface area contributed by atoms with Crippen LogP contribution in [0.15, 0.2) is 65.7 Å². The summed E-state index contributed by atoms with van der Waals surface area (Å²) < 4.78 is 56.6. The number of carbonyl (C=O) groups excluding carboxylic acids is 3. The first-order valence-electron chi connectivity index (χ1n) is 26.5. The molecule has 21 heteroatoms. The molecule has 2 heterocycles. The minimum Gasteiger partial charge on any atom is -0.462 e. The molecule has 2 rings (SSSR count). The summed E-state index contributed by atoms with van der Waals surface area (Å²) in [6.45, 7) is 4.22. The smallest absolute Gasteiger partial charge is 0.462 e. The first-order chi connectivity index (χ1) is 34.9. The second-order valence-corrected chi connectivity index (χ2v) is 21.9. The number of carbonyl (C=O) groups is 3. The molecule has 73 heavy (non-hydrogen) atoms. The predicted molar refractivity (Wildman–Crippen MR) is 280 cm³/mol. The van der Waals surface area contributed by atoms with Gasteiger partial charge in [-0.3, -0.25) is 28.0 Å². The number of phosphoric acid groups is 2. The maximum atomic E-state index is 12.9. The van der Waals surface area contributed by atoms with E-state index in [0.717, 1.165) is 61.6 Å². The quantitative estimate of drug-likeness (QED) is 0.0101. The Morgan fingerprint density at radius 1 is 0.740 bits per heavy atom. The number of rotatable bonds is 43. The Balaban J connectivity index is 1.84. The molecule has 0 aromatic carbocycles. The third-order valence-corrected chi connectivity index (χ3v) is 14.4. The summed E-state index contributed by atoms with van der Waals surface area (Å²) in [5.41, 5.74) is 4.57. The fraction of sp³-hybridized carbons (Fsp3) is 0.712. The minimum absolute atomic E-state index is 0.00136. The number of hydrogen-bond acceptors (Lipinski definition) is 16. The van der Waals surface area contributed by atoms with Crippen LogP contribution in [-0.4, -0.2) is 91.5 Å². The zero-order valence-corrected chi connectivity index (χ0v) is 45.4. The fourth-order valence-corrected chi connectivity index (χ4v) is 9.80. The van der Waals surface area contributed by atoms with Crippen molar-refractivity contribution in [1.29, 1.82) is 0 Å². The summed E-state index contributed by atoms with van der Waals surface area (Å²) in [4.78, 5) is 74.3. The lowest BCUT2D eigenvalue weighted by atomic mass is 10.0. The predicted octanol–water partition coefficient (Wildman–Crippen LogP) is 10.4. The lowest BCUT2D eigenvalue weighted by molar-refractivity contribution is -0.161. The Morgan fingerprint density at radius 3 is 1.96 bits per heavy atom. The zero-order chi connectivity index (χ0) is 53.7. The van der Waals surface area contributed by atoms with Gasteiger partial charge in [-0.2, -0.15) is 9.29 Å². The van der Waals surface area contributed by atoms with Gasteiger partial charge in [-0.25, -0.2) is 13.9 Å². The SMILES string of the molecule is CCCCC/C=C\C/C=C\C/C=C\C=C\C(=O)CCCC(=O)OC[C@H](COP(=O)(O)OP(=O)(O)OC[C@H]1O[C@@H](n2ccc(N)nc2=O)[C@H](O)[C@@H]1O)OC(=O)CCCCCCCCCCCCCCCCC(C)C. The third-order valence-electron chi connectivity index (χ3n) is 11.8. The molecular weight excluding hydrogens is 985 g/mol. The highest BCUT2D eigenvalue weighted by Crippen LogP contribution is 2.60. The summed E-state index contributed by atoms with van der Waals surface area (Å²) in [5.74, 6) is -0.974. The van der Waals surface area contributed by atoms with E-state index in [4.69, 9.17) is 29.0 Å². The molecule has 1 saturated heterocycles. The van der Waals surface area contributed by atoms with Crippen LogP contribution >= 0.6 is 15.6 Å². The number of nitrogens with zero attached hydrogens (tertiary/aromatic N) is 2. The normalized spacial score (nSPS) is 19.3. The largest absolute Gasteiger partial charge is 0.481 e. The number of ketones is 1. The topological polar surface area (TPSA) is 283 Å². The number of allylic oxidation sites excluding steroid dienone is 8. The van der Waals surface area contributed by atoms with Crippen LogP contribution in [0.1, 0.15) is 188 Å². The molecule has 6 N–H and O–H groups in total. The van der Waals surface area contributed by atoms with Crippen molar-refractivity contribution >= 4 is 39.2 Å². The Kier molecular flexibility index (Phi) is 34.9. The molecule has 416 valence electrons. The second kappa shape index (κ2) is 38.9. The number of ether oxygens (including phenoxy) is 3. The number of phosphoric ester groups is 2. The molecule has 0 amide bonds. The number of aliphatic hydroxyl groups excluding tert-OH is 2. The molecule has 1 fully saturated rings. The van der Waals surface area contributed by atoms with Crippen LogP contribution in [0.3, 0.4) is 0 Å². The third kappa shape index (κ3) is 32.4. The monoisotopic (exact) mass is 1070 g/mol. The Hall–Kier alpha value is -3.61. The van der Waals surface area contributed by atoms with E-state index in [9.17, 15) is 48.3 Å². The van der Waals surface area contributed by atoms with Crippen molar-refractivity contribution < 1.29 is 71.1 Å². The molecule has 0 saturated carbocycles. The van der Waals surface area contributed by atoms with Crippen molar-refractivity contribution in [2.45, 2.75) is 212 Å². The van der Waals surface area contributed by atoms with Crippen molar-refractivity contribution in [3.8, 4) is 0 Å². The summed E-state index contributed by atoms with van der Waals surface area (Å²) >= 11 is 0. The molecular formula is C52H87N3O16P2. The molecule has 1 aliphatic rings. The maximum absolute atomic E-state index is 12.9. The van der Waals surface area contributed by atoms with E-state index in [1.165, 1.54) is 95.6 Å². The van der Waals surface area contributed by atoms with Gasteiger partial charge in [-0.05, 0) is 56.6 Å². The van der Waals surface area contributed by atoms with Crippen molar-refractivity contribution in [2.24, 2.45) is 5.92 Å². The zero-order valence-electron chi connectivity index (χ0n) is 43.6. The Bertz CT molecular complexity index is 1990. The highest BCUT2D eigenvalue weighted by atomic mass is 31.3. The lowest BCUT2D eigenvalue weighted by Crippen LogP contribution is -2.36. The van der Waals surface area contributed by atoms with Gasteiger partial charge in [0.2, 0.25) is 0 Å². The van der Waals surface area contributed by atoms with Gasteiger partial charge in [-0.1, -0.05) is 166 Å². The van der Waals surface area contributed by atoms with Gasteiger partial charge in [0.15, 0.2) is 18.1 Å². The Morgan fingerprint density at radius 2 is 1.33 bits per heavy atom. The number of aromatic nitrogens is 2. The second-order valence-electron chi connectivity index (χ2n) is 18.9. The molecule has 2 unspecified atom stereocenters. The van der Waals surface area contributed by atoms with Crippen LogP contribution in [0.2, 0.25) is 0 Å². The molecule has 0 spiro atoms. The number of anilines is 1. The number of unbranched alkanes of at least 4 members (excludes halogenated alkanes) is 16. The van der Waals surface area contributed by atoms with Crippen molar-refractivity contribution in [1.82, 2.24) is 9.55 Å². The lowest BCUT2D eigenvalue weighted by Gasteiger charge is -2.21. The van der Waals surface area contributed by atoms with Gasteiger partial charge in [0, 0.05) is 25.5 Å². The average molecular weight is 1070 g/mol. The van der Waals surface area contributed by atoms with Crippen LogP contribution in [-0.2, 0) is 51.1 Å². The van der Waals surface area contributed by atoms with Gasteiger partial charge in [0.05, 0.1) is 13.2 Å². The number of nitrogens with two attached hydrogens (primary N) is 1. The first-order valence-corrected chi connectivity index (χ1v) is 29.5. The minimum atomic E-state index is -5.47. The molecule has 0 bridgehead atoms. The van der Waals surface area contributed by atoms with E-state index in [1.54, 1.807) is 12.2 Å². The number of nitrogen functional groups attached to an aromatic ring is 1. The van der Waals surface area contributed by atoms with Gasteiger partial charge >= 0.3 is 33.3 Å². The van der Waals surface area contributed by atoms with Gasteiger partial charge in [0.25, 0.3) is 0 Å². The van der Waals surface area contributed by atoms with Crippen LogP contribution in [0.5, 0.6) is 0 Å². The standard InChI is InChI=1S/C52H87N3O16P2/c1-4-5-6-7-8-9-10-13-17-20-23-26-29-33-43(56)34-31-36-47(57)66-39-44(69-48(58)35-30-27-24-21-18-15-12-11-14-16-19-22-25-28-32-42(2)3)40-67-72(62,63)71-73(64,65)68-41-45-49(59)50(60)51(70-45)55-38-37-46(53)54-52(55)61/h8-9,13,17,23,26,29,33,37-38,42,44-45,49-51,59-60H,4-7,10-12,14-16,18-22,24-25,27-28,30-32,34-36,39-41H2,1-3H3,(H,62,63)(H,64,65)(H2,53,54,61)/b9-8-,17-13-,26-23-,33-29+/t44-,45-,49-,50-,51-/m1/s1. The number of hydrogen-bond donors (Lipinski definition) is 5. The summed E-state index contributed by atoms with van der Waals surface area (Å²) in [7, 11) is -10.9.